The van der Waals surface area contributed by atoms with Crippen LogP contribution in [0.2, 0.25) is 0 Å². The van der Waals surface area contributed by atoms with Crippen LogP contribution in [0, 0.1) is 5.92 Å². The van der Waals surface area contributed by atoms with Gasteiger partial charge in [0.15, 0.2) is 5.78 Å². The van der Waals surface area contributed by atoms with Crippen LogP contribution in [0.3, 0.4) is 0 Å². The number of Topliss-reactive ketones (excluding diaryl/α,β-unsaturated/α-hetero) is 1. The fourth-order valence-corrected chi connectivity index (χ4v) is 4.41. The van der Waals surface area contributed by atoms with Crippen molar-refractivity contribution in [3.8, 4) is 0 Å². The van der Waals surface area contributed by atoms with Gasteiger partial charge in [-0.3, -0.25) is 4.79 Å². The van der Waals surface area contributed by atoms with Crippen molar-refractivity contribution in [2.75, 3.05) is 17.6 Å². The molecular formula is C16H24N2OS. The fourth-order valence-electron chi connectivity index (χ4n) is 3.18. The Kier molecular flexibility index (Phi) is 4.01. The van der Waals surface area contributed by atoms with Gasteiger partial charge in [-0.05, 0) is 37.5 Å². The number of nitrogens with two attached hydrogens (primary N) is 1. The summed E-state index contributed by atoms with van der Waals surface area (Å²) >= 11 is 1.58. The molecule has 1 aromatic heterocycles. The van der Waals surface area contributed by atoms with Gasteiger partial charge in [0.05, 0.1) is 15.6 Å². The second kappa shape index (κ2) is 5.76. The molecule has 3 nitrogen and oxygen atoms in total. The Bertz CT molecular complexity index is 499. The molecule has 0 saturated heterocycles. The molecule has 2 aliphatic carbocycles. The smallest absolute Gasteiger partial charge is 0.174 e. The minimum Gasteiger partial charge on any atom is -0.397 e. The molecule has 4 heteroatoms. The Hall–Kier alpha value is -1.03. The quantitative estimate of drug-likeness (QED) is 0.764. The number of thiophene rings is 1. The van der Waals surface area contributed by atoms with Crippen molar-refractivity contribution < 1.29 is 4.79 Å². The summed E-state index contributed by atoms with van der Waals surface area (Å²) in [6, 6.07) is 0. The fraction of sp³-hybridized carbons (Fsp3) is 0.688. The molecule has 0 aromatic carbocycles. The number of carbonyl (C=O) groups is 1. The van der Waals surface area contributed by atoms with Crippen LogP contribution in [-0.4, -0.2) is 12.3 Å². The van der Waals surface area contributed by atoms with Crippen molar-refractivity contribution in [1.29, 1.82) is 0 Å². The van der Waals surface area contributed by atoms with Gasteiger partial charge in [-0.1, -0.05) is 19.8 Å². The summed E-state index contributed by atoms with van der Waals surface area (Å²) in [5, 5.41) is 4.78. The molecule has 1 aromatic rings. The number of anilines is 2. The highest BCUT2D eigenvalue weighted by molar-refractivity contribution is 7.18. The van der Waals surface area contributed by atoms with Crippen LogP contribution in [-0.2, 0) is 0 Å². The number of hydrogen-bond donors (Lipinski definition) is 2. The van der Waals surface area contributed by atoms with Crippen LogP contribution < -0.4 is 11.1 Å². The topological polar surface area (TPSA) is 55.1 Å². The summed E-state index contributed by atoms with van der Waals surface area (Å²) in [5.74, 6) is 1.58. The normalized spacial score (nSPS) is 19.4. The van der Waals surface area contributed by atoms with Crippen LogP contribution in [0.5, 0.6) is 0 Å². The van der Waals surface area contributed by atoms with E-state index in [-0.39, 0.29) is 5.78 Å². The Morgan fingerprint density at radius 3 is 2.60 bits per heavy atom. The molecular weight excluding hydrogens is 268 g/mol. The van der Waals surface area contributed by atoms with Crippen molar-refractivity contribution >= 4 is 27.8 Å². The lowest BCUT2D eigenvalue weighted by Crippen LogP contribution is -2.11. The third-order valence-corrected chi connectivity index (χ3v) is 5.79. The van der Waals surface area contributed by atoms with E-state index in [0.717, 1.165) is 23.0 Å². The molecule has 20 heavy (non-hydrogen) atoms. The highest BCUT2D eigenvalue weighted by atomic mass is 32.1. The minimum absolute atomic E-state index is 0.184. The zero-order valence-corrected chi connectivity index (χ0v) is 13.0. The molecule has 2 aliphatic rings. The van der Waals surface area contributed by atoms with E-state index in [4.69, 9.17) is 5.73 Å². The average molecular weight is 292 g/mol. The number of carbonyl (C=O) groups excluding carboxylic acids is 1. The SMILES string of the molecule is CCC(=O)c1sc(NCC2CCCC2)c(C2CC2)c1N. The number of hydrogen-bond acceptors (Lipinski definition) is 4. The van der Waals surface area contributed by atoms with Gasteiger partial charge >= 0.3 is 0 Å². The molecule has 3 N–H and O–H groups in total. The second-order valence-corrected chi connectivity index (χ2v) is 7.19. The lowest BCUT2D eigenvalue weighted by Gasteiger charge is -2.12. The van der Waals surface area contributed by atoms with Crippen LogP contribution in [0.4, 0.5) is 10.7 Å². The molecule has 110 valence electrons. The van der Waals surface area contributed by atoms with E-state index in [2.05, 4.69) is 5.32 Å². The van der Waals surface area contributed by atoms with Gasteiger partial charge in [0.25, 0.3) is 0 Å². The largest absolute Gasteiger partial charge is 0.397 e. The summed E-state index contributed by atoms with van der Waals surface area (Å²) in [4.78, 5) is 12.8. The Morgan fingerprint density at radius 1 is 1.30 bits per heavy atom. The number of nitrogens with one attached hydrogen (secondary N) is 1. The average Bonchev–Trinajstić information content (AvgIpc) is 3.03. The molecule has 1 heterocycles. The first kappa shape index (κ1) is 13.9. The Balaban J connectivity index is 1.79. The lowest BCUT2D eigenvalue weighted by atomic mass is 10.1. The molecule has 0 spiro atoms. The maximum Gasteiger partial charge on any atom is 0.174 e. The highest BCUT2D eigenvalue weighted by Gasteiger charge is 2.32. The molecule has 0 amide bonds. The van der Waals surface area contributed by atoms with Gasteiger partial charge in [0, 0.05) is 18.5 Å². The maximum absolute atomic E-state index is 12.0. The predicted octanol–water partition coefficient (Wildman–Crippen LogP) is 4.40. The van der Waals surface area contributed by atoms with Gasteiger partial charge in [0.2, 0.25) is 0 Å². The monoisotopic (exact) mass is 292 g/mol. The molecule has 0 radical (unpaired) electrons. The van der Waals surface area contributed by atoms with Crippen LogP contribution in [0.15, 0.2) is 0 Å². The van der Waals surface area contributed by atoms with Crippen molar-refractivity contribution in [3.05, 3.63) is 10.4 Å². The van der Waals surface area contributed by atoms with E-state index < -0.39 is 0 Å². The van der Waals surface area contributed by atoms with Gasteiger partial charge in [-0.15, -0.1) is 11.3 Å². The molecule has 3 rings (SSSR count). The number of nitrogen functional groups attached to an aromatic ring is 1. The van der Waals surface area contributed by atoms with E-state index in [1.54, 1.807) is 11.3 Å². The van der Waals surface area contributed by atoms with E-state index in [1.807, 2.05) is 6.92 Å². The van der Waals surface area contributed by atoms with Gasteiger partial charge in [-0.2, -0.15) is 0 Å². The van der Waals surface area contributed by atoms with Crippen molar-refractivity contribution in [2.24, 2.45) is 5.92 Å². The number of rotatable bonds is 6. The van der Waals surface area contributed by atoms with Crippen molar-refractivity contribution in [2.45, 2.75) is 57.8 Å². The van der Waals surface area contributed by atoms with E-state index in [9.17, 15) is 4.79 Å². The van der Waals surface area contributed by atoms with E-state index >= 15 is 0 Å². The first-order valence-corrected chi connectivity index (χ1v) is 8.71. The summed E-state index contributed by atoms with van der Waals surface area (Å²) < 4.78 is 0. The molecule has 0 unspecified atom stereocenters. The second-order valence-electron chi connectivity index (χ2n) is 6.17. The standard InChI is InChI=1S/C16H24N2OS/c1-2-12(19)15-14(17)13(11-7-8-11)16(20-15)18-9-10-5-3-4-6-10/h10-11,18H,2-9,17H2,1H3. The summed E-state index contributed by atoms with van der Waals surface area (Å²) in [6.45, 7) is 2.95. The van der Waals surface area contributed by atoms with Crippen molar-refractivity contribution in [1.82, 2.24) is 0 Å². The first-order chi connectivity index (χ1) is 9.70. The van der Waals surface area contributed by atoms with Crippen LogP contribution >= 0.6 is 11.3 Å². The molecule has 0 aliphatic heterocycles. The van der Waals surface area contributed by atoms with Gasteiger partial charge in [-0.25, -0.2) is 0 Å². The summed E-state index contributed by atoms with van der Waals surface area (Å²) in [6.07, 6.45) is 8.40. The van der Waals surface area contributed by atoms with E-state index in [1.165, 1.54) is 49.1 Å². The highest BCUT2D eigenvalue weighted by Crippen LogP contribution is 2.51. The summed E-state index contributed by atoms with van der Waals surface area (Å²) in [7, 11) is 0. The zero-order chi connectivity index (χ0) is 14.1. The molecule has 2 saturated carbocycles. The Morgan fingerprint density at radius 2 is 2.00 bits per heavy atom. The van der Waals surface area contributed by atoms with Crippen LogP contribution in [0.1, 0.15) is 73.0 Å². The lowest BCUT2D eigenvalue weighted by molar-refractivity contribution is 0.0993. The number of ketones is 1. The zero-order valence-electron chi connectivity index (χ0n) is 12.2. The first-order valence-electron chi connectivity index (χ1n) is 7.90. The third-order valence-electron chi connectivity index (χ3n) is 4.57. The van der Waals surface area contributed by atoms with Gasteiger partial charge < -0.3 is 11.1 Å². The molecule has 2 fully saturated rings. The molecule has 0 bridgehead atoms. The summed E-state index contributed by atoms with van der Waals surface area (Å²) in [5.41, 5.74) is 8.26. The van der Waals surface area contributed by atoms with Gasteiger partial charge in [0.1, 0.15) is 0 Å². The minimum atomic E-state index is 0.184. The molecule has 0 atom stereocenters. The Labute approximate surface area is 124 Å². The van der Waals surface area contributed by atoms with Crippen LogP contribution in [0.25, 0.3) is 0 Å². The maximum atomic E-state index is 12.0. The van der Waals surface area contributed by atoms with E-state index in [0.29, 0.717) is 12.3 Å². The van der Waals surface area contributed by atoms with Crippen molar-refractivity contribution in [3.63, 3.8) is 0 Å². The predicted molar refractivity (Wildman–Crippen MR) is 85.8 cm³/mol. The third kappa shape index (κ3) is 2.71.